The predicted octanol–water partition coefficient (Wildman–Crippen LogP) is 3.38. The Morgan fingerprint density at radius 1 is 1.33 bits per heavy atom. The van der Waals surface area contributed by atoms with E-state index in [1.165, 1.54) is 13.2 Å². The Kier molecular flexibility index (Phi) is 6.68. The van der Waals surface area contributed by atoms with Crippen LogP contribution in [0.25, 0.3) is 11.6 Å². The van der Waals surface area contributed by atoms with Crippen molar-refractivity contribution in [3.8, 4) is 17.6 Å². The highest BCUT2D eigenvalue weighted by molar-refractivity contribution is 6.11. The molecule has 0 bridgehead atoms. The van der Waals surface area contributed by atoms with Gasteiger partial charge in [0.15, 0.2) is 5.78 Å². The van der Waals surface area contributed by atoms with Gasteiger partial charge in [0.05, 0.1) is 25.3 Å². The molecule has 2 aromatic carbocycles. The van der Waals surface area contributed by atoms with Crippen molar-refractivity contribution in [3.05, 3.63) is 70.3 Å². The number of aliphatic hydroxyl groups is 1. The molecule has 0 fully saturated rings. The zero-order valence-corrected chi connectivity index (χ0v) is 17.1. The van der Waals surface area contributed by atoms with Crippen LogP contribution in [0.4, 0.5) is 0 Å². The molecule has 1 aliphatic rings. The predicted molar refractivity (Wildman–Crippen MR) is 115 cm³/mol. The van der Waals surface area contributed by atoms with Crippen molar-refractivity contribution in [2.24, 2.45) is 0 Å². The maximum absolute atomic E-state index is 13.0. The van der Waals surface area contributed by atoms with E-state index < -0.39 is 5.78 Å². The largest absolute Gasteiger partial charge is 0.506 e. The van der Waals surface area contributed by atoms with Crippen LogP contribution in [0.1, 0.15) is 39.0 Å². The molecule has 0 atom stereocenters. The van der Waals surface area contributed by atoms with E-state index in [-0.39, 0.29) is 23.7 Å². The third-order valence-electron chi connectivity index (χ3n) is 5.18. The number of nitriles is 1. The normalized spacial score (nSPS) is 14.4. The summed E-state index contributed by atoms with van der Waals surface area (Å²) in [6.07, 6.45) is 5.70. The van der Waals surface area contributed by atoms with Crippen LogP contribution < -0.4 is 4.74 Å². The molecule has 3 rings (SSSR count). The summed E-state index contributed by atoms with van der Waals surface area (Å²) in [6.45, 7) is 1.28. The number of rotatable bonds is 6. The summed E-state index contributed by atoms with van der Waals surface area (Å²) in [6, 6.07) is 10.5. The lowest BCUT2D eigenvalue weighted by Gasteiger charge is -2.25. The zero-order valence-electron chi connectivity index (χ0n) is 17.1. The number of methoxy groups -OCH3 is 1. The number of phenols is 1. The van der Waals surface area contributed by atoms with Gasteiger partial charge in [0.2, 0.25) is 0 Å². The lowest BCUT2D eigenvalue weighted by Crippen LogP contribution is -2.24. The zero-order chi connectivity index (χ0) is 21.7. The summed E-state index contributed by atoms with van der Waals surface area (Å²) >= 11 is 0. The number of carbonyl (C=O) groups is 1. The number of ketones is 1. The molecule has 0 saturated heterocycles. The summed E-state index contributed by atoms with van der Waals surface area (Å²) in [4.78, 5) is 15.1. The van der Waals surface area contributed by atoms with E-state index in [0.717, 1.165) is 24.2 Å². The minimum atomic E-state index is -0.409. The van der Waals surface area contributed by atoms with Crippen molar-refractivity contribution in [3.63, 3.8) is 0 Å². The molecule has 6 heteroatoms. The molecule has 1 heterocycles. The number of hydrogen-bond acceptors (Lipinski definition) is 6. The first-order valence-electron chi connectivity index (χ1n) is 9.62. The SMILES string of the molecule is COc1cc(CO)c(C2=CCN(C)CC2)c(O)c1C(=O)/C=C/c1ccc(C#N)cc1. The number of aliphatic hydroxyl groups excluding tert-OH is 1. The van der Waals surface area contributed by atoms with Crippen molar-refractivity contribution >= 4 is 17.4 Å². The van der Waals surface area contributed by atoms with Crippen molar-refractivity contribution in [1.82, 2.24) is 4.90 Å². The monoisotopic (exact) mass is 404 g/mol. The van der Waals surface area contributed by atoms with Gasteiger partial charge in [-0.1, -0.05) is 24.3 Å². The molecule has 1 aliphatic heterocycles. The number of phenolic OH excluding ortho intramolecular Hbond substituents is 1. The molecule has 6 nitrogen and oxygen atoms in total. The van der Waals surface area contributed by atoms with Gasteiger partial charge in [-0.2, -0.15) is 5.26 Å². The Morgan fingerprint density at radius 3 is 2.63 bits per heavy atom. The lowest BCUT2D eigenvalue weighted by molar-refractivity contribution is 0.104. The van der Waals surface area contributed by atoms with E-state index in [1.54, 1.807) is 36.4 Å². The quantitative estimate of drug-likeness (QED) is 0.566. The minimum Gasteiger partial charge on any atom is -0.506 e. The molecular formula is C24H24N2O4. The highest BCUT2D eigenvalue weighted by Gasteiger charge is 2.25. The van der Waals surface area contributed by atoms with Crippen molar-refractivity contribution in [2.75, 3.05) is 27.2 Å². The van der Waals surface area contributed by atoms with Crippen LogP contribution in [0.5, 0.6) is 11.5 Å². The van der Waals surface area contributed by atoms with Crippen molar-refractivity contribution in [2.45, 2.75) is 13.0 Å². The van der Waals surface area contributed by atoms with Crippen LogP contribution >= 0.6 is 0 Å². The number of aromatic hydroxyl groups is 1. The molecule has 2 N–H and O–H groups in total. The van der Waals surface area contributed by atoms with Crippen LogP contribution in [0, 0.1) is 11.3 Å². The average Bonchev–Trinajstić information content (AvgIpc) is 2.77. The standard InChI is InChI=1S/C24H24N2O4/c1-26-11-9-18(10-12-26)22-19(15-27)13-21(30-2)23(24(22)29)20(28)8-7-16-3-5-17(14-25)6-4-16/h3-9,13,27,29H,10-12,15H2,1-2H3/b8-7+. The van der Waals surface area contributed by atoms with E-state index in [9.17, 15) is 15.0 Å². The fourth-order valence-corrected chi connectivity index (χ4v) is 3.50. The maximum atomic E-state index is 13.0. The van der Waals surface area contributed by atoms with E-state index >= 15 is 0 Å². The summed E-state index contributed by atoms with van der Waals surface area (Å²) in [5.41, 5.74) is 3.28. The minimum absolute atomic E-state index is 0.0643. The van der Waals surface area contributed by atoms with Crippen LogP contribution in [0.3, 0.4) is 0 Å². The van der Waals surface area contributed by atoms with E-state index in [0.29, 0.717) is 23.1 Å². The number of carbonyl (C=O) groups excluding carboxylic acids is 1. The Bertz CT molecular complexity index is 1050. The molecule has 0 amide bonds. The van der Waals surface area contributed by atoms with Crippen LogP contribution in [0.2, 0.25) is 0 Å². The lowest BCUT2D eigenvalue weighted by atomic mass is 9.90. The van der Waals surface area contributed by atoms with Crippen LogP contribution in [-0.4, -0.2) is 48.1 Å². The van der Waals surface area contributed by atoms with Crippen LogP contribution in [-0.2, 0) is 6.61 Å². The number of hydrogen-bond donors (Lipinski definition) is 2. The molecule has 154 valence electrons. The first-order chi connectivity index (χ1) is 14.5. The molecule has 0 radical (unpaired) electrons. The fourth-order valence-electron chi connectivity index (χ4n) is 3.50. The number of benzene rings is 2. The summed E-state index contributed by atoms with van der Waals surface area (Å²) < 4.78 is 5.34. The van der Waals surface area contributed by atoms with E-state index in [4.69, 9.17) is 10.00 Å². The van der Waals surface area contributed by atoms with Gasteiger partial charge < -0.3 is 19.8 Å². The second-order valence-corrected chi connectivity index (χ2v) is 7.17. The fraction of sp³-hybridized carbons (Fsp3) is 0.250. The molecule has 0 unspecified atom stereocenters. The Balaban J connectivity index is 2.02. The summed E-state index contributed by atoms with van der Waals surface area (Å²) in [7, 11) is 3.43. The van der Waals surface area contributed by atoms with Gasteiger partial charge in [-0.3, -0.25) is 4.79 Å². The Hall–Kier alpha value is -3.40. The molecule has 30 heavy (non-hydrogen) atoms. The Morgan fingerprint density at radius 2 is 2.07 bits per heavy atom. The molecule has 0 aromatic heterocycles. The number of ether oxygens (including phenoxy) is 1. The van der Waals surface area contributed by atoms with Gasteiger partial charge in [0.1, 0.15) is 17.1 Å². The molecular weight excluding hydrogens is 380 g/mol. The maximum Gasteiger partial charge on any atom is 0.193 e. The van der Waals surface area contributed by atoms with Gasteiger partial charge in [-0.15, -0.1) is 0 Å². The Labute approximate surface area is 175 Å². The smallest absolute Gasteiger partial charge is 0.193 e. The van der Waals surface area contributed by atoms with Gasteiger partial charge in [-0.25, -0.2) is 0 Å². The van der Waals surface area contributed by atoms with Crippen LogP contribution in [0.15, 0.2) is 42.5 Å². The number of nitrogens with zero attached hydrogens (tertiary/aromatic N) is 2. The molecule has 0 spiro atoms. The average molecular weight is 404 g/mol. The van der Waals surface area contributed by atoms with Gasteiger partial charge in [0.25, 0.3) is 0 Å². The molecule has 2 aromatic rings. The summed E-state index contributed by atoms with van der Waals surface area (Å²) in [5.74, 6) is -0.375. The second kappa shape index (κ2) is 9.40. The number of allylic oxidation sites excluding steroid dienone is 1. The number of likely N-dealkylation sites (N-methyl/N-ethyl adjacent to an activating group) is 1. The second-order valence-electron chi connectivity index (χ2n) is 7.17. The highest BCUT2D eigenvalue weighted by atomic mass is 16.5. The van der Waals surface area contributed by atoms with Crippen molar-refractivity contribution in [1.29, 1.82) is 5.26 Å². The first kappa shape index (κ1) is 21.3. The van der Waals surface area contributed by atoms with E-state index in [2.05, 4.69) is 4.90 Å². The first-order valence-corrected chi connectivity index (χ1v) is 9.62. The molecule has 0 saturated carbocycles. The van der Waals surface area contributed by atoms with Gasteiger partial charge in [-0.05, 0) is 54.4 Å². The third-order valence-corrected chi connectivity index (χ3v) is 5.18. The van der Waals surface area contributed by atoms with Gasteiger partial charge in [0, 0.05) is 18.7 Å². The highest BCUT2D eigenvalue weighted by Crippen LogP contribution is 2.40. The summed E-state index contributed by atoms with van der Waals surface area (Å²) in [5, 5.41) is 29.8. The third kappa shape index (κ3) is 4.43. The van der Waals surface area contributed by atoms with Crippen molar-refractivity contribution < 1.29 is 19.7 Å². The topological polar surface area (TPSA) is 93.8 Å². The van der Waals surface area contributed by atoms with Gasteiger partial charge >= 0.3 is 0 Å². The molecule has 0 aliphatic carbocycles. The van der Waals surface area contributed by atoms with E-state index in [1.807, 2.05) is 19.2 Å².